The molecular weight excluding hydrogens is 413 g/mol. The molecule has 2 aromatic rings. The van der Waals surface area contributed by atoms with Crippen LogP contribution in [0.5, 0.6) is 5.75 Å². The van der Waals surface area contributed by atoms with Crippen molar-refractivity contribution in [2.45, 2.75) is 37.6 Å². The number of benzene rings is 1. The fourth-order valence-corrected chi connectivity index (χ4v) is 3.62. The van der Waals surface area contributed by atoms with Crippen LogP contribution in [0.2, 0.25) is 0 Å². The molecule has 162 valence electrons. The molecule has 0 unspecified atom stereocenters. The molecule has 1 aromatic heterocycles. The van der Waals surface area contributed by atoms with Crippen LogP contribution in [0.25, 0.3) is 0 Å². The molecule has 0 radical (unpaired) electrons. The van der Waals surface area contributed by atoms with Crippen LogP contribution in [0.4, 0.5) is 27.6 Å². The lowest BCUT2D eigenvalue weighted by atomic mass is 9.77. The Kier molecular flexibility index (Phi) is 5.68. The van der Waals surface area contributed by atoms with E-state index in [-0.39, 0.29) is 11.3 Å². The average Bonchev–Trinajstić information content (AvgIpc) is 2.97. The molecule has 1 amide bonds. The third-order valence-corrected chi connectivity index (χ3v) is 5.42. The molecule has 0 saturated carbocycles. The van der Waals surface area contributed by atoms with Crippen molar-refractivity contribution in [2.75, 3.05) is 12.4 Å². The van der Waals surface area contributed by atoms with E-state index in [4.69, 9.17) is 9.47 Å². The fourth-order valence-electron chi connectivity index (χ4n) is 3.62. The van der Waals surface area contributed by atoms with E-state index >= 15 is 0 Å². The van der Waals surface area contributed by atoms with Gasteiger partial charge in [-0.25, -0.2) is 4.39 Å². The minimum absolute atomic E-state index is 0.107. The summed E-state index contributed by atoms with van der Waals surface area (Å²) in [7, 11) is 1.06. The van der Waals surface area contributed by atoms with Gasteiger partial charge in [-0.2, -0.15) is 27.8 Å². The SMILES string of the molecule is COc1c([C@H]2[C@H](C(=O)Nc3ccnnc3)O[C@@](C)(C(F)(F)F)[C@H]2C)ccc(F)c1F. The highest BCUT2D eigenvalue weighted by Crippen LogP contribution is 2.54. The van der Waals surface area contributed by atoms with Crippen LogP contribution in [0.3, 0.4) is 0 Å². The smallest absolute Gasteiger partial charge is 0.417 e. The molecule has 0 bridgehead atoms. The first-order valence-electron chi connectivity index (χ1n) is 8.85. The van der Waals surface area contributed by atoms with Gasteiger partial charge in [0.05, 0.1) is 25.2 Å². The Labute approximate surface area is 168 Å². The largest absolute Gasteiger partial charge is 0.493 e. The Morgan fingerprint density at radius 2 is 1.93 bits per heavy atom. The monoisotopic (exact) mass is 431 g/mol. The number of nitrogens with zero attached hydrogens (tertiary/aromatic N) is 2. The Morgan fingerprint density at radius 1 is 1.23 bits per heavy atom. The average molecular weight is 431 g/mol. The summed E-state index contributed by atoms with van der Waals surface area (Å²) in [6.45, 7) is 2.05. The van der Waals surface area contributed by atoms with Gasteiger partial charge in [0.25, 0.3) is 5.91 Å². The molecule has 6 nitrogen and oxygen atoms in total. The normalized spacial score (nSPS) is 26.5. The number of halogens is 5. The van der Waals surface area contributed by atoms with Crippen molar-refractivity contribution < 1.29 is 36.2 Å². The molecule has 3 rings (SSSR count). The van der Waals surface area contributed by atoms with E-state index in [0.717, 1.165) is 26.2 Å². The van der Waals surface area contributed by atoms with Gasteiger partial charge in [0.15, 0.2) is 17.2 Å². The topological polar surface area (TPSA) is 73.3 Å². The molecule has 1 aromatic carbocycles. The van der Waals surface area contributed by atoms with Crippen molar-refractivity contribution in [2.24, 2.45) is 5.92 Å². The van der Waals surface area contributed by atoms with Gasteiger partial charge in [-0.15, -0.1) is 0 Å². The zero-order valence-electron chi connectivity index (χ0n) is 16.1. The lowest BCUT2D eigenvalue weighted by Crippen LogP contribution is -2.47. The number of carbonyl (C=O) groups is 1. The minimum atomic E-state index is -4.83. The molecule has 30 heavy (non-hydrogen) atoms. The van der Waals surface area contributed by atoms with Crippen molar-refractivity contribution in [1.82, 2.24) is 10.2 Å². The van der Waals surface area contributed by atoms with Gasteiger partial charge < -0.3 is 14.8 Å². The lowest BCUT2D eigenvalue weighted by molar-refractivity contribution is -0.272. The van der Waals surface area contributed by atoms with E-state index < -0.39 is 53.0 Å². The first-order valence-corrected chi connectivity index (χ1v) is 8.85. The molecule has 0 aliphatic carbocycles. The highest BCUT2D eigenvalue weighted by atomic mass is 19.4. The summed E-state index contributed by atoms with van der Waals surface area (Å²) in [6, 6.07) is 3.25. The number of anilines is 1. The van der Waals surface area contributed by atoms with Crippen LogP contribution in [0, 0.1) is 17.6 Å². The predicted molar refractivity (Wildman–Crippen MR) is 94.8 cm³/mol. The highest BCUT2D eigenvalue weighted by Gasteiger charge is 2.65. The van der Waals surface area contributed by atoms with E-state index in [1.54, 1.807) is 0 Å². The first-order chi connectivity index (χ1) is 14.0. The van der Waals surface area contributed by atoms with Crippen molar-refractivity contribution in [3.8, 4) is 5.75 Å². The number of aromatic nitrogens is 2. The van der Waals surface area contributed by atoms with E-state index in [1.165, 1.54) is 25.4 Å². The Hall–Kier alpha value is -2.82. The Balaban J connectivity index is 2.09. The van der Waals surface area contributed by atoms with Crippen LogP contribution in [0.15, 0.2) is 30.6 Å². The molecule has 4 atom stereocenters. The standard InChI is InChI=1S/C19H18F5N3O3/c1-9-13(11-4-5-12(20)14(21)15(11)29-3)16(30-18(9,2)19(22,23)24)17(28)27-10-6-7-25-26-8-10/h4-9,13,16H,1-3H3,(H,25,27,28)/t9-,13-,16+,18+/m0/s1. The third kappa shape index (κ3) is 3.57. The van der Waals surface area contributed by atoms with E-state index in [2.05, 4.69) is 15.5 Å². The molecule has 11 heteroatoms. The summed E-state index contributed by atoms with van der Waals surface area (Å²) in [6.07, 6.45) is -4.02. The van der Waals surface area contributed by atoms with Crippen LogP contribution in [-0.2, 0) is 9.53 Å². The van der Waals surface area contributed by atoms with E-state index in [0.29, 0.717) is 0 Å². The summed E-state index contributed by atoms with van der Waals surface area (Å²) in [4.78, 5) is 12.8. The van der Waals surface area contributed by atoms with Gasteiger partial charge in [0, 0.05) is 17.4 Å². The molecule has 0 spiro atoms. The van der Waals surface area contributed by atoms with Crippen LogP contribution in [-0.4, -0.2) is 41.1 Å². The van der Waals surface area contributed by atoms with Crippen molar-refractivity contribution in [3.63, 3.8) is 0 Å². The van der Waals surface area contributed by atoms with E-state index in [9.17, 15) is 26.7 Å². The number of ether oxygens (including phenoxy) is 2. The molecule has 2 heterocycles. The molecular formula is C19H18F5N3O3. The lowest BCUT2D eigenvalue weighted by Gasteiger charge is -2.32. The number of carbonyl (C=O) groups excluding carboxylic acids is 1. The van der Waals surface area contributed by atoms with Gasteiger partial charge in [-0.05, 0) is 19.1 Å². The molecule has 1 fully saturated rings. The van der Waals surface area contributed by atoms with Crippen LogP contribution in [0.1, 0.15) is 25.3 Å². The highest BCUT2D eigenvalue weighted by molar-refractivity contribution is 5.95. The van der Waals surface area contributed by atoms with Crippen molar-refractivity contribution in [1.29, 1.82) is 0 Å². The maximum Gasteiger partial charge on any atom is 0.417 e. The third-order valence-electron chi connectivity index (χ3n) is 5.42. The number of alkyl halides is 3. The second-order valence-electron chi connectivity index (χ2n) is 7.06. The van der Waals surface area contributed by atoms with Crippen LogP contribution >= 0.6 is 0 Å². The number of methoxy groups -OCH3 is 1. The summed E-state index contributed by atoms with van der Waals surface area (Å²) in [5.41, 5.74) is -2.64. The van der Waals surface area contributed by atoms with Gasteiger partial charge in [-0.3, -0.25) is 4.79 Å². The van der Waals surface area contributed by atoms with Crippen LogP contribution < -0.4 is 10.1 Å². The summed E-state index contributed by atoms with van der Waals surface area (Å²) in [5, 5.41) is 9.54. The van der Waals surface area contributed by atoms with Crippen molar-refractivity contribution >= 4 is 11.6 Å². The second kappa shape index (κ2) is 7.78. The molecule has 1 aliphatic rings. The summed E-state index contributed by atoms with van der Waals surface area (Å²) in [5.74, 6) is -6.69. The maximum atomic E-state index is 14.3. The second-order valence-corrected chi connectivity index (χ2v) is 7.06. The van der Waals surface area contributed by atoms with Gasteiger partial charge in [-0.1, -0.05) is 13.0 Å². The van der Waals surface area contributed by atoms with Gasteiger partial charge >= 0.3 is 6.18 Å². The predicted octanol–water partition coefficient (Wildman–Crippen LogP) is 3.84. The molecule has 1 saturated heterocycles. The fraction of sp³-hybridized carbons (Fsp3) is 0.421. The molecule has 1 N–H and O–H groups in total. The number of amides is 1. The zero-order valence-corrected chi connectivity index (χ0v) is 16.1. The number of rotatable bonds is 4. The maximum absolute atomic E-state index is 14.3. The zero-order chi connectivity index (χ0) is 22.3. The first kappa shape index (κ1) is 21.9. The summed E-state index contributed by atoms with van der Waals surface area (Å²) < 4.78 is 79.6. The van der Waals surface area contributed by atoms with E-state index in [1.807, 2.05) is 0 Å². The Bertz CT molecular complexity index is 941. The van der Waals surface area contributed by atoms with Gasteiger partial charge in [0.2, 0.25) is 5.82 Å². The number of hydrogen-bond acceptors (Lipinski definition) is 5. The minimum Gasteiger partial charge on any atom is -0.493 e. The number of nitrogens with one attached hydrogen (secondary N) is 1. The summed E-state index contributed by atoms with van der Waals surface area (Å²) >= 11 is 0. The van der Waals surface area contributed by atoms with Crippen molar-refractivity contribution in [3.05, 3.63) is 47.8 Å². The van der Waals surface area contributed by atoms with Gasteiger partial charge in [0.1, 0.15) is 6.10 Å². The Morgan fingerprint density at radius 3 is 2.50 bits per heavy atom. The molecule has 1 aliphatic heterocycles. The quantitative estimate of drug-likeness (QED) is 0.745. The number of hydrogen-bond donors (Lipinski definition) is 1.